The number of hydroxylamine groups is 2. The molecule has 0 saturated carbocycles. The van der Waals surface area contributed by atoms with E-state index in [-0.39, 0.29) is 20.3 Å². The van der Waals surface area contributed by atoms with Gasteiger partial charge in [-0.3, -0.25) is 14.4 Å². The first kappa shape index (κ1) is 19.0. The van der Waals surface area contributed by atoms with Gasteiger partial charge in [-0.15, -0.1) is 0 Å². The van der Waals surface area contributed by atoms with Gasteiger partial charge in [-0.05, 0) is 35.7 Å². The van der Waals surface area contributed by atoms with E-state index in [1.807, 2.05) is 6.92 Å². The van der Waals surface area contributed by atoms with Crippen molar-refractivity contribution in [1.82, 2.24) is 5.06 Å². The second-order valence-electron chi connectivity index (χ2n) is 3.36. The monoisotopic (exact) mass is 513 g/mol. The maximum Gasteiger partial charge on any atom is 0.259 e. The average molecular weight is 517 g/mol. The van der Waals surface area contributed by atoms with Crippen LogP contribution in [0, 0.1) is 0 Å². The molecule has 1 fully saturated rings. The van der Waals surface area contributed by atoms with Gasteiger partial charge in [0.1, 0.15) is 0 Å². The van der Waals surface area contributed by atoms with Gasteiger partial charge in [-0.2, -0.15) is 0 Å². The number of alkyl halides is 3. The summed E-state index contributed by atoms with van der Waals surface area (Å²) in [5, 5.41) is 2.26. The van der Waals surface area contributed by atoms with Crippen LogP contribution in [-0.2, 0) is 14.4 Å². The van der Waals surface area contributed by atoms with Crippen molar-refractivity contribution in [2.75, 3.05) is 18.5 Å². The summed E-state index contributed by atoms with van der Waals surface area (Å²) in [5.74, 6) is 0.0434. The van der Waals surface area contributed by atoms with Crippen LogP contribution in [0.1, 0.15) is 19.8 Å². The van der Waals surface area contributed by atoms with Crippen molar-refractivity contribution in [2.24, 2.45) is 0 Å². The summed E-state index contributed by atoms with van der Waals surface area (Å²) in [6.07, 6.45) is 1.67. The lowest BCUT2D eigenvalue weighted by Crippen LogP contribution is -2.27. The molecule has 1 amide bonds. The molecule has 0 aromatic carbocycles. The van der Waals surface area contributed by atoms with Crippen LogP contribution in [0.25, 0.3) is 0 Å². The van der Waals surface area contributed by atoms with Crippen molar-refractivity contribution < 1.29 is 14.4 Å². The van der Waals surface area contributed by atoms with Crippen molar-refractivity contribution in [3.63, 3.8) is 0 Å². The number of rotatable bonds is 5. The predicted octanol–water partition coefficient (Wildman–Crippen LogP) is 3.39. The van der Waals surface area contributed by atoms with Gasteiger partial charge in [0.2, 0.25) is 4.69 Å². The molecule has 4 nitrogen and oxygen atoms in total. The molecular formula is C10H15Br4NO3. The third kappa shape index (κ3) is 7.57. The Hall–Kier alpha value is 1.02. The summed E-state index contributed by atoms with van der Waals surface area (Å²) < 4.78 is 0.0111. The lowest BCUT2D eigenvalue weighted by atomic mass is 10.4. The third-order valence-corrected chi connectivity index (χ3v) is 5.34. The van der Waals surface area contributed by atoms with Gasteiger partial charge in [0.05, 0.1) is 22.8 Å². The number of halogens is 4. The minimum Gasteiger partial charge on any atom is -0.285 e. The maximum atomic E-state index is 11.0. The SMILES string of the molecule is CCON1CCC(Br)C1=O.O=C(Br)C(Br)CCBr. The van der Waals surface area contributed by atoms with Crippen LogP contribution < -0.4 is 0 Å². The minimum atomic E-state index is -0.0399. The van der Waals surface area contributed by atoms with Crippen LogP contribution in [0.2, 0.25) is 0 Å². The Bertz CT molecular complexity index is 276. The molecular weight excluding hydrogens is 502 g/mol. The van der Waals surface area contributed by atoms with Crippen molar-refractivity contribution in [3.8, 4) is 0 Å². The first-order chi connectivity index (χ1) is 8.43. The van der Waals surface area contributed by atoms with E-state index in [1.54, 1.807) is 0 Å². The van der Waals surface area contributed by atoms with E-state index in [2.05, 4.69) is 63.7 Å². The summed E-state index contributed by atoms with van der Waals surface area (Å²) in [4.78, 5) is 26.4. The fourth-order valence-corrected chi connectivity index (χ4v) is 3.08. The van der Waals surface area contributed by atoms with E-state index in [4.69, 9.17) is 4.84 Å². The second-order valence-corrected chi connectivity index (χ2v) is 7.15. The Balaban J connectivity index is 0.000000331. The molecule has 0 N–H and O–H groups in total. The highest BCUT2D eigenvalue weighted by Crippen LogP contribution is 2.18. The molecule has 1 rings (SSSR count). The van der Waals surface area contributed by atoms with E-state index in [0.29, 0.717) is 13.2 Å². The minimum absolute atomic E-state index is 0.0111. The molecule has 0 radical (unpaired) electrons. The van der Waals surface area contributed by atoms with E-state index in [0.717, 1.165) is 18.2 Å². The highest BCUT2D eigenvalue weighted by Gasteiger charge is 2.29. The van der Waals surface area contributed by atoms with Crippen LogP contribution in [0.3, 0.4) is 0 Å². The van der Waals surface area contributed by atoms with Crippen molar-refractivity contribution in [1.29, 1.82) is 0 Å². The lowest BCUT2D eigenvalue weighted by Gasteiger charge is -2.12. The first-order valence-corrected chi connectivity index (χ1v) is 9.16. The standard InChI is InChI=1S/C6H10BrNO2.C4H5Br3O/c1-2-10-8-4-3-5(7)6(8)9;5-2-1-3(6)4(7)8/h5H,2-4H2,1H3;3H,1-2H2. The number of carbonyl (C=O) groups is 2. The Morgan fingerprint density at radius 1 is 1.61 bits per heavy atom. The molecule has 2 unspecified atom stereocenters. The van der Waals surface area contributed by atoms with Crippen LogP contribution in [0.4, 0.5) is 0 Å². The summed E-state index contributed by atoms with van der Waals surface area (Å²) in [7, 11) is 0. The maximum absolute atomic E-state index is 11.0. The van der Waals surface area contributed by atoms with Gasteiger partial charge in [-0.1, -0.05) is 47.8 Å². The van der Waals surface area contributed by atoms with Gasteiger partial charge in [0, 0.05) is 5.33 Å². The summed E-state index contributed by atoms with van der Waals surface area (Å²) in [6.45, 7) is 3.14. The average Bonchev–Trinajstić information content (AvgIpc) is 2.63. The van der Waals surface area contributed by atoms with Gasteiger partial charge in [0.15, 0.2) is 0 Å². The molecule has 0 aromatic heterocycles. The number of hydrogen-bond donors (Lipinski definition) is 0. The Morgan fingerprint density at radius 3 is 2.50 bits per heavy atom. The molecule has 18 heavy (non-hydrogen) atoms. The number of nitrogens with zero attached hydrogens (tertiary/aromatic N) is 1. The summed E-state index contributed by atoms with van der Waals surface area (Å²) >= 11 is 12.5. The van der Waals surface area contributed by atoms with Crippen molar-refractivity contribution in [2.45, 2.75) is 29.4 Å². The molecule has 0 bridgehead atoms. The van der Waals surface area contributed by atoms with Crippen molar-refractivity contribution >= 4 is 74.3 Å². The van der Waals surface area contributed by atoms with Crippen LogP contribution >= 0.6 is 63.7 Å². The number of amides is 1. The number of hydrogen-bond acceptors (Lipinski definition) is 3. The molecule has 0 aromatic rings. The van der Waals surface area contributed by atoms with E-state index >= 15 is 0 Å². The molecule has 0 spiro atoms. The summed E-state index contributed by atoms with van der Waals surface area (Å²) in [5.41, 5.74) is 0. The van der Waals surface area contributed by atoms with Gasteiger partial charge >= 0.3 is 0 Å². The van der Waals surface area contributed by atoms with Gasteiger partial charge < -0.3 is 0 Å². The molecule has 1 saturated heterocycles. The molecule has 8 heteroatoms. The van der Waals surface area contributed by atoms with Gasteiger partial charge in [0.25, 0.3) is 5.91 Å². The van der Waals surface area contributed by atoms with E-state index in [1.165, 1.54) is 5.06 Å². The predicted molar refractivity (Wildman–Crippen MR) is 85.7 cm³/mol. The van der Waals surface area contributed by atoms with Crippen LogP contribution in [0.5, 0.6) is 0 Å². The van der Waals surface area contributed by atoms with E-state index < -0.39 is 0 Å². The molecule has 0 aliphatic carbocycles. The Kier molecular flexibility index (Phi) is 11.4. The summed E-state index contributed by atoms with van der Waals surface area (Å²) in [6, 6.07) is 0. The normalized spacial score (nSPS) is 20.4. The molecule has 1 aliphatic rings. The first-order valence-electron chi connectivity index (χ1n) is 5.41. The quantitative estimate of drug-likeness (QED) is 0.416. The topological polar surface area (TPSA) is 46.6 Å². The molecule has 1 aliphatic heterocycles. The van der Waals surface area contributed by atoms with Crippen molar-refractivity contribution in [3.05, 3.63) is 0 Å². The molecule has 1 heterocycles. The largest absolute Gasteiger partial charge is 0.285 e. The van der Waals surface area contributed by atoms with Gasteiger partial charge in [-0.25, -0.2) is 5.06 Å². The third-order valence-electron chi connectivity index (χ3n) is 1.99. The number of carbonyl (C=O) groups excluding carboxylic acids is 2. The zero-order valence-corrected chi connectivity index (χ0v) is 16.2. The highest BCUT2D eigenvalue weighted by molar-refractivity contribution is 9.20. The lowest BCUT2D eigenvalue weighted by molar-refractivity contribution is -0.175. The second kappa shape index (κ2) is 10.8. The highest BCUT2D eigenvalue weighted by atomic mass is 79.9. The fraction of sp³-hybridized carbons (Fsp3) is 0.800. The van der Waals surface area contributed by atoms with E-state index in [9.17, 15) is 9.59 Å². The zero-order chi connectivity index (χ0) is 14.1. The smallest absolute Gasteiger partial charge is 0.259 e. The van der Waals surface area contributed by atoms with Crippen LogP contribution in [0.15, 0.2) is 0 Å². The Morgan fingerprint density at radius 2 is 2.22 bits per heavy atom. The molecule has 106 valence electrons. The fourth-order valence-electron chi connectivity index (χ4n) is 1.11. The zero-order valence-electron chi connectivity index (χ0n) is 9.87. The molecule has 2 atom stereocenters. The Labute approximate surface area is 141 Å². The van der Waals surface area contributed by atoms with Crippen LogP contribution in [-0.4, -0.2) is 43.8 Å².